The highest BCUT2D eigenvalue weighted by Gasteiger charge is 2.46. The van der Waals surface area contributed by atoms with E-state index in [1.54, 1.807) is 70.2 Å². The molecular formula is C35H37F4NO5S. The largest absolute Gasteiger partial charge is 0.466 e. The van der Waals surface area contributed by atoms with Crippen LogP contribution in [0.3, 0.4) is 0 Å². The molecule has 46 heavy (non-hydrogen) atoms. The molecule has 4 aromatic rings. The van der Waals surface area contributed by atoms with Gasteiger partial charge in [-0.3, -0.25) is 0 Å². The second-order valence-electron chi connectivity index (χ2n) is 13.1. The molecule has 11 heteroatoms. The molecule has 1 aromatic heterocycles. The normalized spacial score (nSPS) is 13.4. The number of benzene rings is 3. The molecule has 0 fully saturated rings. The summed E-state index contributed by atoms with van der Waals surface area (Å²) in [6, 6.07) is 15.7. The van der Waals surface area contributed by atoms with Crippen LogP contribution in [0.15, 0.2) is 77.8 Å². The van der Waals surface area contributed by atoms with Crippen LogP contribution in [0, 0.1) is 0 Å². The molecule has 4 rings (SSSR count). The molecule has 0 atom stereocenters. The maximum atomic E-state index is 14.8. The Labute approximate surface area is 266 Å². The molecule has 6 nitrogen and oxygen atoms in total. The molecule has 1 heterocycles. The topological polar surface area (TPSA) is 74.6 Å². The monoisotopic (exact) mass is 659 g/mol. The second kappa shape index (κ2) is 12.2. The van der Waals surface area contributed by atoms with Crippen molar-refractivity contribution in [2.75, 3.05) is 7.11 Å². The van der Waals surface area contributed by atoms with Crippen molar-refractivity contribution in [3.8, 4) is 16.9 Å². The number of carbonyl (C=O) groups is 1. The molecule has 0 spiro atoms. The van der Waals surface area contributed by atoms with Gasteiger partial charge in [-0.05, 0) is 64.8 Å². The predicted octanol–water partition coefficient (Wildman–Crippen LogP) is 8.95. The first-order chi connectivity index (χ1) is 21.2. The summed E-state index contributed by atoms with van der Waals surface area (Å²) < 4.78 is 95.4. The average molecular weight is 660 g/mol. The van der Waals surface area contributed by atoms with Gasteiger partial charge in [-0.2, -0.15) is 17.6 Å². The van der Waals surface area contributed by atoms with E-state index in [1.807, 2.05) is 20.8 Å². The van der Waals surface area contributed by atoms with E-state index in [0.717, 1.165) is 3.97 Å². The van der Waals surface area contributed by atoms with Crippen LogP contribution < -0.4 is 4.74 Å². The first kappa shape index (κ1) is 34.7. The maximum absolute atomic E-state index is 14.8. The molecule has 0 aliphatic carbocycles. The summed E-state index contributed by atoms with van der Waals surface area (Å²) in [6.45, 7) is 12.6. The van der Waals surface area contributed by atoms with Gasteiger partial charge in [0.15, 0.2) is 0 Å². The van der Waals surface area contributed by atoms with E-state index >= 15 is 0 Å². The highest BCUT2D eigenvalue weighted by molar-refractivity contribution is 7.90. The number of allylic oxidation sites excluding steroid dienone is 1. The lowest BCUT2D eigenvalue weighted by atomic mass is 9.78. The van der Waals surface area contributed by atoms with Crippen molar-refractivity contribution in [1.29, 1.82) is 0 Å². The van der Waals surface area contributed by atoms with Gasteiger partial charge in [0, 0.05) is 34.3 Å². The summed E-state index contributed by atoms with van der Waals surface area (Å²) in [7, 11) is -3.00. The van der Waals surface area contributed by atoms with Crippen LogP contribution >= 0.6 is 0 Å². The zero-order valence-electron chi connectivity index (χ0n) is 26.9. The smallest absolute Gasteiger partial charge is 0.461 e. The predicted molar refractivity (Wildman–Crippen MR) is 171 cm³/mol. The Morgan fingerprint density at radius 2 is 1.52 bits per heavy atom. The number of alkyl halides is 4. The minimum Gasteiger partial charge on any atom is -0.466 e. The molecule has 246 valence electrons. The zero-order valence-corrected chi connectivity index (χ0v) is 27.7. The van der Waals surface area contributed by atoms with Gasteiger partial charge < -0.3 is 9.47 Å². The van der Waals surface area contributed by atoms with E-state index in [9.17, 15) is 30.8 Å². The first-order valence-electron chi connectivity index (χ1n) is 14.4. The molecule has 0 bridgehead atoms. The van der Waals surface area contributed by atoms with E-state index in [2.05, 4.69) is 0 Å². The minimum atomic E-state index is -4.85. The van der Waals surface area contributed by atoms with Crippen molar-refractivity contribution in [3.63, 3.8) is 0 Å². The van der Waals surface area contributed by atoms with E-state index in [0.29, 0.717) is 22.1 Å². The van der Waals surface area contributed by atoms with Gasteiger partial charge in [0.1, 0.15) is 5.75 Å². The molecular weight excluding hydrogens is 622 g/mol. The van der Waals surface area contributed by atoms with Crippen LogP contribution in [0.2, 0.25) is 0 Å². The van der Waals surface area contributed by atoms with Gasteiger partial charge >= 0.3 is 18.5 Å². The van der Waals surface area contributed by atoms with Crippen LogP contribution in [0.25, 0.3) is 27.6 Å². The number of halogens is 4. The highest BCUT2D eigenvalue weighted by Crippen LogP contribution is 2.48. The number of carbonyl (C=O) groups excluding carboxylic acids is 1. The van der Waals surface area contributed by atoms with E-state index in [4.69, 9.17) is 9.47 Å². The highest BCUT2D eigenvalue weighted by atomic mass is 32.2. The van der Waals surface area contributed by atoms with Crippen molar-refractivity contribution in [2.24, 2.45) is 0 Å². The molecule has 0 radical (unpaired) electrons. The Balaban J connectivity index is 2.21. The quantitative estimate of drug-likeness (QED) is 0.107. The van der Waals surface area contributed by atoms with Crippen molar-refractivity contribution in [3.05, 3.63) is 89.6 Å². The van der Waals surface area contributed by atoms with E-state index in [1.165, 1.54) is 37.6 Å². The number of ether oxygens (including phenoxy) is 2. The van der Waals surface area contributed by atoms with Gasteiger partial charge in [-0.25, -0.2) is 17.2 Å². The van der Waals surface area contributed by atoms with E-state index < -0.39 is 45.1 Å². The fourth-order valence-electron chi connectivity index (χ4n) is 4.99. The Hall–Kier alpha value is -4.12. The van der Waals surface area contributed by atoms with Crippen molar-refractivity contribution < 1.29 is 40.2 Å². The summed E-state index contributed by atoms with van der Waals surface area (Å²) in [6.07, 6.45) is -6.43. The van der Waals surface area contributed by atoms with Crippen molar-refractivity contribution in [2.45, 2.75) is 76.7 Å². The summed E-state index contributed by atoms with van der Waals surface area (Å²) in [5.41, 5.74) is 0.884. The summed E-state index contributed by atoms with van der Waals surface area (Å²) >= 11 is 0. The number of fused-ring (bicyclic) bond motifs is 1. The van der Waals surface area contributed by atoms with Gasteiger partial charge in [0.05, 0.1) is 17.5 Å². The van der Waals surface area contributed by atoms with Crippen LogP contribution in [-0.2, 0) is 30.4 Å². The number of methoxy groups -OCH3 is 1. The number of hydrogen-bond acceptors (Lipinski definition) is 5. The number of rotatable bonds is 8. The third-order valence-corrected chi connectivity index (χ3v) is 9.29. The SMILES string of the molecule is COC(=O)/C=C(\C)c1ccc2c(c1)c(-c1cc(C(C)(C)C)cc(C(C)(C)C)c1OC(F)(F)C(F)F)cn2S(=O)(=O)c1ccccc1. The van der Waals surface area contributed by atoms with Crippen LogP contribution in [0.4, 0.5) is 17.6 Å². The Bertz CT molecular complexity index is 1920. The molecule has 0 aliphatic heterocycles. The first-order valence-corrected chi connectivity index (χ1v) is 15.9. The molecule has 0 aliphatic rings. The number of aromatic nitrogens is 1. The standard InChI is InChI=1S/C35H37F4NO5S/c1-21(16-30(41)44-8)22-14-15-29-25(17-22)27(20-40(29)46(42,43)24-12-10-9-11-13-24)26-18-23(33(2,3)4)19-28(34(5,6)7)31(26)45-35(38,39)32(36)37/h9-20,32H,1-8H3/b21-16+. The molecule has 0 N–H and O–H groups in total. The van der Waals surface area contributed by atoms with Gasteiger partial charge in [0.25, 0.3) is 10.0 Å². The van der Waals surface area contributed by atoms with Gasteiger partial charge in [-0.1, -0.05) is 71.9 Å². The Kier molecular flexibility index (Phi) is 9.25. The van der Waals surface area contributed by atoms with Crippen LogP contribution in [-0.4, -0.2) is 38.0 Å². The zero-order chi connectivity index (χ0) is 34.4. The lowest BCUT2D eigenvalue weighted by molar-refractivity contribution is -0.253. The van der Waals surface area contributed by atoms with Crippen molar-refractivity contribution >= 4 is 32.5 Å². The molecule has 0 amide bonds. The number of nitrogens with zero attached hydrogens (tertiary/aromatic N) is 1. The third kappa shape index (κ3) is 6.84. The van der Waals surface area contributed by atoms with Crippen molar-refractivity contribution in [1.82, 2.24) is 3.97 Å². The Morgan fingerprint density at radius 3 is 2.07 bits per heavy atom. The summed E-state index contributed by atoms with van der Waals surface area (Å²) in [4.78, 5) is 12.0. The fourth-order valence-corrected chi connectivity index (χ4v) is 6.38. The summed E-state index contributed by atoms with van der Waals surface area (Å²) in [5.74, 6) is -1.10. The van der Waals surface area contributed by atoms with E-state index in [-0.39, 0.29) is 27.1 Å². The summed E-state index contributed by atoms with van der Waals surface area (Å²) in [5, 5.41) is 0.297. The lowest BCUT2D eigenvalue weighted by Gasteiger charge is -2.31. The molecule has 0 unspecified atom stereocenters. The fraction of sp³-hybridized carbons (Fsp3) is 0.343. The van der Waals surface area contributed by atoms with Crippen LogP contribution in [0.5, 0.6) is 5.75 Å². The third-order valence-electron chi connectivity index (χ3n) is 7.61. The van der Waals surface area contributed by atoms with Crippen LogP contribution in [0.1, 0.15) is 65.2 Å². The van der Waals surface area contributed by atoms with Gasteiger partial charge in [0.2, 0.25) is 0 Å². The number of esters is 1. The maximum Gasteiger partial charge on any atom is 0.461 e. The molecule has 0 saturated heterocycles. The second-order valence-corrected chi connectivity index (χ2v) is 14.9. The average Bonchev–Trinajstić information content (AvgIpc) is 3.35. The van der Waals surface area contributed by atoms with Gasteiger partial charge in [-0.15, -0.1) is 0 Å². The molecule has 0 saturated carbocycles. The Morgan fingerprint density at radius 1 is 0.891 bits per heavy atom. The minimum absolute atomic E-state index is 0.0106. The number of hydrogen-bond donors (Lipinski definition) is 0. The molecule has 3 aromatic carbocycles. The lowest BCUT2D eigenvalue weighted by Crippen LogP contribution is -2.34.